The minimum atomic E-state index is -0.977. The van der Waals surface area contributed by atoms with Crippen molar-refractivity contribution in [2.75, 3.05) is 0 Å². The van der Waals surface area contributed by atoms with Crippen molar-refractivity contribution in [1.29, 1.82) is 0 Å². The first-order valence-corrected chi connectivity index (χ1v) is 4.68. The first-order valence-electron chi connectivity index (χ1n) is 3.81. The molecule has 0 aromatic heterocycles. The average Bonchev–Trinajstić information content (AvgIpc) is 1.97. The first kappa shape index (κ1) is 11.3. The van der Waals surface area contributed by atoms with Crippen molar-refractivity contribution in [2.45, 2.75) is 37.1 Å². The van der Waals surface area contributed by atoms with Crippen LogP contribution < -0.4 is 0 Å². The maximum absolute atomic E-state index is 8.76. The predicted octanol–water partition coefficient (Wildman–Crippen LogP) is 2.90. The molecule has 2 atom stereocenters. The van der Waals surface area contributed by atoms with Crippen molar-refractivity contribution in [3.63, 3.8) is 0 Å². The molecule has 0 aromatic carbocycles. The van der Waals surface area contributed by atoms with E-state index < -0.39 is 10.9 Å². The Hall–Kier alpha value is 0.280. The van der Waals surface area contributed by atoms with E-state index >= 15 is 0 Å². The number of hydrogen-bond donors (Lipinski definition) is 1. The fourth-order valence-electron chi connectivity index (χ4n) is 0.640. The summed E-state index contributed by atoms with van der Waals surface area (Å²) in [5, 5.41) is 8.30. The van der Waals surface area contributed by atoms with Gasteiger partial charge < -0.3 is 5.11 Å². The summed E-state index contributed by atoms with van der Waals surface area (Å²) in [6.45, 7) is 2.13. The van der Waals surface area contributed by atoms with E-state index in [0.717, 1.165) is 12.8 Å². The summed E-state index contributed by atoms with van der Waals surface area (Å²) >= 11 is 10.9. The Balaban J connectivity index is 3.40. The molecule has 66 valence electrons. The minimum absolute atomic E-state index is 0.464. The zero-order chi connectivity index (χ0) is 8.69. The van der Waals surface area contributed by atoms with Crippen LogP contribution in [-0.4, -0.2) is 16.0 Å². The molecule has 0 aromatic rings. The Morgan fingerprint density at radius 2 is 2.09 bits per heavy atom. The highest BCUT2D eigenvalue weighted by Crippen LogP contribution is 2.09. The SMILES string of the molecule is CCCCC=CC(Cl)C(O)Cl. The van der Waals surface area contributed by atoms with Crippen LogP contribution >= 0.6 is 23.2 Å². The zero-order valence-corrected chi connectivity index (χ0v) is 8.15. The number of aliphatic hydroxyl groups excluding tert-OH is 1. The Morgan fingerprint density at radius 3 is 2.55 bits per heavy atom. The van der Waals surface area contributed by atoms with Crippen LogP contribution in [0.1, 0.15) is 26.2 Å². The Kier molecular flexibility index (Phi) is 7.13. The van der Waals surface area contributed by atoms with E-state index in [0.29, 0.717) is 0 Å². The van der Waals surface area contributed by atoms with Crippen LogP contribution in [0.4, 0.5) is 0 Å². The Morgan fingerprint density at radius 1 is 1.45 bits per heavy atom. The highest BCUT2D eigenvalue weighted by molar-refractivity contribution is 6.30. The predicted molar refractivity (Wildman–Crippen MR) is 50.2 cm³/mol. The molecule has 0 rings (SSSR count). The van der Waals surface area contributed by atoms with Crippen LogP contribution in [0.15, 0.2) is 12.2 Å². The van der Waals surface area contributed by atoms with Gasteiger partial charge in [-0.15, -0.1) is 11.6 Å². The van der Waals surface area contributed by atoms with E-state index in [-0.39, 0.29) is 0 Å². The van der Waals surface area contributed by atoms with Crippen molar-refractivity contribution < 1.29 is 5.11 Å². The van der Waals surface area contributed by atoms with Crippen molar-refractivity contribution in [2.24, 2.45) is 0 Å². The average molecular weight is 197 g/mol. The number of alkyl halides is 2. The van der Waals surface area contributed by atoms with Crippen LogP contribution in [0.25, 0.3) is 0 Å². The van der Waals surface area contributed by atoms with Crippen molar-refractivity contribution in [3.8, 4) is 0 Å². The van der Waals surface area contributed by atoms with Crippen LogP contribution in [0.3, 0.4) is 0 Å². The van der Waals surface area contributed by atoms with Gasteiger partial charge in [0.25, 0.3) is 0 Å². The number of allylic oxidation sites excluding steroid dienone is 1. The molecule has 0 aliphatic heterocycles. The Labute approximate surface area is 78.0 Å². The van der Waals surface area contributed by atoms with Gasteiger partial charge in [0.1, 0.15) is 5.56 Å². The molecule has 0 spiro atoms. The molecule has 0 amide bonds. The summed E-state index contributed by atoms with van der Waals surface area (Å²) in [5.41, 5.74) is -0.977. The lowest BCUT2D eigenvalue weighted by Gasteiger charge is -2.03. The molecule has 2 unspecified atom stereocenters. The topological polar surface area (TPSA) is 20.2 Å². The summed E-state index contributed by atoms with van der Waals surface area (Å²) < 4.78 is 0. The molecule has 0 bridgehead atoms. The van der Waals surface area contributed by atoms with Crippen molar-refractivity contribution in [3.05, 3.63) is 12.2 Å². The van der Waals surface area contributed by atoms with Gasteiger partial charge in [-0.3, -0.25) is 0 Å². The van der Waals surface area contributed by atoms with Crippen molar-refractivity contribution in [1.82, 2.24) is 0 Å². The van der Waals surface area contributed by atoms with Gasteiger partial charge in [-0.2, -0.15) is 0 Å². The Bertz CT molecular complexity index is 113. The monoisotopic (exact) mass is 196 g/mol. The molecular weight excluding hydrogens is 183 g/mol. The van der Waals surface area contributed by atoms with Gasteiger partial charge in [-0.1, -0.05) is 43.5 Å². The van der Waals surface area contributed by atoms with Gasteiger partial charge in [-0.05, 0) is 6.42 Å². The van der Waals surface area contributed by atoms with E-state index in [9.17, 15) is 0 Å². The number of unbranched alkanes of at least 4 members (excludes halogenated alkanes) is 2. The normalized spacial score (nSPS) is 17.1. The molecule has 3 heteroatoms. The largest absolute Gasteiger partial charge is 0.376 e. The maximum Gasteiger partial charge on any atom is 0.147 e. The third-order valence-electron chi connectivity index (χ3n) is 1.31. The maximum atomic E-state index is 8.76. The van der Waals surface area contributed by atoms with Crippen LogP contribution in [0, 0.1) is 0 Å². The number of halogens is 2. The molecular formula is C8H14Cl2O. The van der Waals surface area contributed by atoms with Crippen molar-refractivity contribution >= 4 is 23.2 Å². The zero-order valence-electron chi connectivity index (χ0n) is 6.63. The quantitative estimate of drug-likeness (QED) is 0.408. The molecule has 0 aliphatic carbocycles. The number of rotatable bonds is 5. The van der Waals surface area contributed by atoms with E-state index in [1.165, 1.54) is 6.42 Å². The molecule has 0 aliphatic rings. The standard InChI is InChI=1S/C8H14Cl2O/c1-2-3-4-5-6-7(9)8(10)11/h5-8,11H,2-4H2,1H3. The van der Waals surface area contributed by atoms with Gasteiger partial charge in [0.2, 0.25) is 0 Å². The summed E-state index contributed by atoms with van der Waals surface area (Å²) in [6, 6.07) is 0. The van der Waals surface area contributed by atoms with Crippen LogP contribution in [-0.2, 0) is 0 Å². The highest BCUT2D eigenvalue weighted by atomic mass is 35.5. The van der Waals surface area contributed by atoms with Gasteiger partial charge >= 0.3 is 0 Å². The lowest BCUT2D eigenvalue weighted by molar-refractivity contribution is 0.263. The smallest absolute Gasteiger partial charge is 0.147 e. The summed E-state index contributed by atoms with van der Waals surface area (Å²) in [7, 11) is 0. The molecule has 1 nitrogen and oxygen atoms in total. The fraction of sp³-hybridized carbons (Fsp3) is 0.750. The molecule has 1 N–H and O–H groups in total. The summed E-state index contributed by atoms with van der Waals surface area (Å²) in [6.07, 6.45) is 7.00. The number of hydrogen-bond acceptors (Lipinski definition) is 1. The molecule has 0 fully saturated rings. The van der Waals surface area contributed by atoms with E-state index in [1.54, 1.807) is 6.08 Å². The van der Waals surface area contributed by atoms with E-state index in [2.05, 4.69) is 6.92 Å². The molecule has 11 heavy (non-hydrogen) atoms. The van der Waals surface area contributed by atoms with Gasteiger partial charge in [0, 0.05) is 0 Å². The second-order valence-electron chi connectivity index (χ2n) is 2.39. The minimum Gasteiger partial charge on any atom is -0.376 e. The second-order valence-corrected chi connectivity index (χ2v) is 3.34. The molecule has 0 radical (unpaired) electrons. The lowest BCUT2D eigenvalue weighted by Crippen LogP contribution is -2.10. The lowest BCUT2D eigenvalue weighted by atomic mass is 10.2. The first-order chi connectivity index (χ1) is 5.18. The molecule has 0 saturated heterocycles. The third-order valence-corrected chi connectivity index (χ3v) is 2.09. The van der Waals surface area contributed by atoms with E-state index in [4.69, 9.17) is 28.3 Å². The van der Waals surface area contributed by atoms with Gasteiger partial charge in [0.05, 0.1) is 5.38 Å². The number of aliphatic hydroxyl groups is 1. The fourth-order valence-corrected chi connectivity index (χ4v) is 0.827. The van der Waals surface area contributed by atoms with Crippen LogP contribution in [0.5, 0.6) is 0 Å². The summed E-state index contributed by atoms with van der Waals surface area (Å²) in [5.74, 6) is 0. The molecule has 0 heterocycles. The third kappa shape index (κ3) is 6.67. The second kappa shape index (κ2) is 6.96. The molecule has 0 saturated carbocycles. The summed E-state index contributed by atoms with van der Waals surface area (Å²) in [4.78, 5) is 0. The van der Waals surface area contributed by atoms with E-state index in [1.807, 2.05) is 6.08 Å². The van der Waals surface area contributed by atoms with Crippen LogP contribution in [0.2, 0.25) is 0 Å². The van der Waals surface area contributed by atoms with Gasteiger partial charge in [-0.25, -0.2) is 0 Å². The van der Waals surface area contributed by atoms with Gasteiger partial charge in [0.15, 0.2) is 0 Å². The highest BCUT2D eigenvalue weighted by Gasteiger charge is 2.07.